The van der Waals surface area contributed by atoms with E-state index in [1.807, 2.05) is 0 Å². The van der Waals surface area contributed by atoms with Crippen molar-refractivity contribution in [3.8, 4) is 0 Å². The summed E-state index contributed by atoms with van der Waals surface area (Å²) in [6.07, 6.45) is 0. The topological polar surface area (TPSA) is 38.0 Å². The van der Waals surface area contributed by atoms with Crippen LogP contribution in [0.1, 0.15) is 0 Å². The number of hydrazine groups is 1. The van der Waals surface area contributed by atoms with E-state index < -0.39 is 0 Å². The summed E-state index contributed by atoms with van der Waals surface area (Å²) in [5.74, 6) is 5.14. The zero-order valence-corrected chi connectivity index (χ0v) is 7.63. The van der Waals surface area contributed by atoms with Crippen molar-refractivity contribution < 1.29 is 0 Å². The molecule has 0 saturated carbocycles. The molecule has 0 unspecified atom stereocenters. The van der Waals surface area contributed by atoms with E-state index >= 15 is 0 Å². The molecular weight excluding hydrogens is 206 g/mol. The summed E-state index contributed by atoms with van der Waals surface area (Å²) in [6.45, 7) is 0. The second-order valence-corrected chi connectivity index (χ2v) is 3.12. The first-order chi connectivity index (χ1) is 5.15. The van der Waals surface area contributed by atoms with Gasteiger partial charge in [-0.15, -0.1) is 0 Å². The molecule has 60 valence electrons. The van der Waals surface area contributed by atoms with Crippen LogP contribution in [0.15, 0.2) is 12.1 Å². The van der Waals surface area contributed by atoms with Crippen LogP contribution in [0.5, 0.6) is 0 Å². The van der Waals surface area contributed by atoms with Crippen LogP contribution in [0, 0.1) is 0 Å². The molecule has 0 aliphatic rings. The van der Waals surface area contributed by atoms with Crippen molar-refractivity contribution in [2.75, 3.05) is 5.43 Å². The fraction of sp³-hybridized carbons (Fsp3) is 0. The smallest absolute Gasteiger partial charge is 0.0837 e. The maximum absolute atomic E-state index is 5.73. The molecule has 0 fully saturated rings. The first-order valence-electron chi connectivity index (χ1n) is 2.76. The standard InChI is InChI=1S/C6H5Cl3N2/c7-3-1-4(8)6(9)5(2-3)11-10/h1-2,11H,10H2. The highest BCUT2D eigenvalue weighted by molar-refractivity contribution is 6.44. The van der Waals surface area contributed by atoms with Crippen LogP contribution < -0.4 is 11.3 Å². The Morgan fingerprint density at radius 1 is 1.18 bits per heavy atom. The van der Waals surface area contributed by atoms with Crippen molar-refractivity contribution in [3.05, 3.63) is 27.2 Å². The maximum atomic E-state index is 5.73. The predicted molar refractivity (Wildman–Crippen MR) is 49.3 cm³/mol. The first kappa shape index (κ1) is 8.94. The summed E-state index contributed by atoms with van der Waals surface area (Å²) in [5.41, 5.74) is 2.89. The largest absolute Gasteiger partial charge is 0.323 e. The lowest BCUT2D eigenvalue weighted by Crippen LogP contribution is -2.07. The summed E-state index contributed by atoms with van der Waals surface area (Å²) < 4.78 is 0. The molecule has 2 nitrogen and oxygen atoms in total. The zero-order valence-electron chi connectivity index (χ0n) is 5.37. The molecule has 0 heterocycles. The number of hydrogen-bond donors (Lipinski definition) is 2. The average Bonchev–Trinajstić information content (AvgIpc) is 1.96. The van der Waals surface area contributed by atoms with E-state index in [0.29, 0.717) is 20.8 Å². The van der Waals surface area contributed by atoms with E-state index in [1.54, 1.807) is 12.1 Å². The van der Waals surface area contributed by atoms with Gasteiger partial charge in [0.2, 0.25) is 0 Å². The molecule has 1 aromatic carbocycles. The summed E-state index contributed by atoms with van der Waals surface area (Å²) in [5, 5.41) is 1.25. The highest BCUT2D eigenvalue weighted by atomic mass is 35.5. The molecule has 5 heteroatoms. The third-order valence-corrected chi connectivity index (χ3v) is 2.17. The molecule has 0 bridgehead atoms. The van der Waals surface area contributed by atoms with Gasteiger partial charge < -0.3 is 5.43 Å². The fourth-order valence-electron chi connectivity index (χ4n) is 0.661. The van der Waals surface area contributed by atoms with Gasteiger partial charge in [-0.05, 0) is 12.1 Å². The molecule has 0 aromatic heterocycles. The number of rotatable bonds is 1. The number of nitrogen functional groups attached to an aromatic ring is 1. The molecule has 11 heavy (non-hydrogen) atoms. The van der Waals surface area contributed by atoms with Crippen molar-refractivity contribution >= 4 is 40.5 Å². The zero-order chi connectivity index (χ0) is 8.43. The number of benzene rings is 1. The molecule has 1 rings (SSSR count). The Bertz CT molecular complexity index is 275. The molecule has 3 N–H and O–H groups in total. The van der Waals surface area contributed by atoms with Gasteiger partial charge in [-0.3, -0.25) is 5.84 Å². The van der Waals surface area contributed by atoms with Gasteiger partial charge in [-0.2, -0.15) is 0 Å². The van der Waals surface area contributed by atoms with E-state index in [0.717, 1.165) is 0 Å². The fourth-order valence-corrected chi connectivity index (χ4v) is 1.32. The minimum absolute atomic E-state index is 0.374. The van der Waals surface area contributed by atoms with Gasteiger partial charge in [-0.1, -0.05) is 34.8 Å². The minimum Gasteiger partial charge on any atom is -0.323 e. The quantitative estimate of drug-likeness (QED) is 0.426. The lowest BCUT2D eigenvalue weighted by atomic mass is 10.3. The lowest BCUT2D eigenvalue weighted by molar-refractivity contribution is 1.35. The van der Waals surface area contributed by atoms with Crippen molar-refractivity contribution in [2.24, 2.45) is 5.84 Å². The molecule has 0 radical (unpaired) electrons. The molecule has 0 spiro atoms. The summed E-state index contributed by atoms with van der Waals surface area (Å²) in [7, 11) is 0. The average molecular weight is 211 g/mol. The molecule has 0 amide bonds. The Labute approximate surface area is 79.2 Å². The predicted octanol–water partition coefficient (Wildman–Crippen LogP) is 2.93. The summed E-state index contributed by atoms with van der Waals surface area (Å²) in [6, 6.07) is 3.14. The van der Waals surface area contributed by atoms with E-state index in [-0.39, 0.29) is 0 Å². The van der Waals surface area contributed by atoms with Gasteiger partial charge in [0.1, 0.15) is 0 Å². The van der Waals surface area contributed by atoms with E-state index in [9.17, 15) is 0 Å². The normalized spacial score (nSPS) is 9.82. The Morgan fingerprint density at radius 3 is 2.36 bits per heavy atom. The maximum Gasteiger partial charge on any atom is 0.0837 e. The van der Waals surface area contributed by atoms with Gasteiger partial charge in [-0.25, -0.2) is 0 Å². The Hall–Kier alpha value is -0.150. The number of nitrogens with one attached hydrogen (secondary N) is 1. The monoisotopic (exact) mass is 210 g/mol. The van der Waals surface area contributed by atoms with Crippen molar-refractivity contribution in [1.29, 1.82) is 0 Å². The lowest BCUT2D eigenvalue weighted by Gasteiger charge is -2.04. The first-order valence-corrected chi connectivity index (χ1v) is 3.89. The molecule has 0 aliphatic heterocycles. The summed E-state index contributed by atoms with van der Waals surface area (Å²) in [4.78, 5) is 0. The molecule has 0 aliphatic carbocycles. The minimum atomic E-state index is 0.374. The number of halogens is 3. The van der Waals surface area contributed by atoms with Gasteiger partial charge in [0.25, 0.3) is 0 Å². The van der Waals surface area contributed by atoms with Crippen LogP contribution in [0.2, 0.25) is 15.1 Å². The van der Waals surface area contributed by atoms with Gasteiger partial charge in [0.05, 0.1) is 15.7 Å². The van der Waals surface area contributed by atoms with Crippen LogP contribution in [0.25, 0.3) is 0 Å². The van der Waals surface area contributed by atoms with E-state index in [4.69, 9.17) is 40.6 Å². The molecular formula is C6H5Cl3N2. The van der Waals surface area contributed by atoms with Crippen molar-refractivity contribution in [2.45, 2.75) is 0 Å². The van der Waals surface area contributed by atoms with Gasteiger partial charge in [0.15, 0.2) is 0 Å². The Morgan fingerprint density at radius 2 is 1.82 bits per heavy atom. The molecule has 0 saturated heterocycles. The number of anilines is 1. The SMILES string of the molecule is NNc1cc(Cl)cc(Cl)c1Cl. The molecule has 1 aromatic rings. The van der Waals surface area contributed by atoms with Crippen LogP contribution in [-0.4, -0.2) is 0 Å². The Balaban J connectivity index is 3.24. The Kier molecular flexibility index (Phi) is 2.84. The van der Waals surface area contributed by atoms with Crippen molar-refractivity contribution in [1.82, 2.24) is 0 Å². The van der Waals surface area contributed by atoms with Crippen LogP contribution in [0.4, 0.5) is 5.69 Å². The van der Waals surface area contributed by atoms with E-state index in [1.165, 1.54) is 0 Å². The van der Waals surface area contributed by atoms with E-state index in [2.05, 4.69) is 5.43 Å². The highest BCUT2D eigenvalue weighted by Crippen LogP contribution is 2.32. The van der Waals surface area contributed by atoms with Gasteiger partial charge in [0, 0.05) is 5.02 Å². The number of nitrogens with two attached hydrogens (primary N) is 1. The second kappa shape index (κ2) is 3.50. The van der Waals surface area contributed by atoms with Crippen LogP contribution in [0.3, 0.4) is 0 Å². The van der Waals surface area contributed by atoms with Crippen LogP contribution in [-0.2, 0) is 0 Å². The number of hydrogen-bond acceptors (Lipinski definition) is 2. The second-order valence-electron chi connectivity index (χ2n) is 1.89. The highest BCUT2D eigenvalue weighted by Gasteiger charge is 2.04. The van der Waals surface area contributed by atoms with Crippen LogP contribution >= 0.6 is 34.8 Å². The third kappa shape index (κ3) is 1.91. The third-order valence-electron chi connectivity index (χ3n) is 1.15. The van der Waals surface area contributed by atoms with Crippen molar-refractivity contribution in [3.63, 3.8) is 0 Å². The van der Waals surface area contributed by atoms with Gasteiger partial charge >= 0.3 is 0 Å². The summed E-state index contributed by atoms with van der Waals surface area (Å²) >= 11 is 17.1. The molecule has 0 atom stereocenters.